The molecular weight excluding hydrogens is 332 g/mol. The number of benzene rings is 1. The molecule has 1 aromatic heterocycles. The molecule has 0 saturated carbocycles. The van der Waals surface area contributed by atoms with Gasteiger partial charge in [-0.1, -0.05) is 25.1 Å². The van der Waals surface area contributed by atoms with E-state index in [4.69, 9.17) is 4.74 Å². The van der Waals surface area contributed by atoms with E-state index >= 15 is 0 Å². The summed E-state index contributed by atoms with van der Waals surface area (Å²) in [6.45, 7) is 2.79. The topological polar surface area (TPSA) is 82.6 Å². The van der Waals surface area contributed by atoms with Crippen molar-refractivity contribution < 1.29 is 19.4 Å². The first-order valence-electron chi connectivity index (χ1n) is 9.06. The van der Waals surface area contributed by atoms with Crippen LogP contribution in [0.2, 0.25) is 0 Å². The molecule has 2 unspecified atom stereocenters. The summed E-state index contributed by atoms with van der Waals surface area (Å²) in [5.41, 5.74) is 1.95. The third-order valence-corrected chi connectivity index (χ3v) is 5.27. The second-order valence-corrected chi connectivity index (χ2v) is 6.82. The minimum Gasteiger partial charge on any atom is -0.503 e. The highest BCUT2D eigenvalue weighted by Gasteiger charge is 2.44. The number of carbonyl (C=O) groups excluding carboxylic acids is 2. The molecule has 1 aromatic carbocycles. The van der Waals surface area contributed by atoms with Gasteiger partial charge in [-0.2, -0.15) is 0 Å². The number of fused-ring (bicyclic) bond motifs is 1. The summed E-state index contributed by atoms with van der Waals surface area (Å²) in [5, 5.41) is 11.4. The molecule has 0 radical (unpaired) electrons. The lowest BCUT2D eigenvalue weighted by molar-refractivity contribution is -0.131. The quantitative estimate of drug-likeness (QED) is 0.865. The van der Waals surface area contributed by atoms with Crippen LogP contribution < -0.4 is 0 Å². The SMILES string of the molecule is CCC(=O)C1=C(O)C(=O)N(CC2CCCO2)C1c1c[nH]c2ccccc12. The van der Waals surface area contributed by atoms with Crippen LogP contribution in [-0.4, -0.2) is 45.9 Å². The molecular formula is C20H22N2O4. The Labute approximate surface area is 151 Å². The molecule has 2 aliphatic rings. The van der Waals surface area contributed by atoms with Crippen molar-refractivity contribution in [2.45, 2.75) is 38.3 Å². The summed E-state index contributed by atoms with van der Waals surface area (Å²) in [4.78, 5) is 30.1. The first-order chi connectivity index (χ1) is 12.6. The first-order valence-corrected chi connectivity index (χ1v) is 9.06. The predicted molar refractivity (Wildman–Crippen MR) is 96.7 cm³/mol. The average Bonchev–Trinajstić information content (AvgIpc) is 3.36. The Morgan fingerprint density at radius 2 is 2.19 bits per heavy atom. The van der Waals surface area contributed by atoms with Crippen LogP contribution in [0.3, 0.4) is 0 Å². The Hall–Kier alpha value is -2.60. The molecule has 1 amide bonds. The highest BCUT2D eigenvalue weighted by Crippen LogP contribution is 2.41. The third kappa shape index (κ3) is 2.61. The van der Waals surface area contributed by atoms with Gasteiger partial charge in [-0.05, 0) is 18.9 Å². The average molecular weight is 354 g/mol. The Kier molecular flexibility index (Phi) is 4.28. The number of aromatic amines is 1. The molecule has 3 heterocycles. The van der Waals surface area contributed by atoms with Crippen molar-refractivity contribution in [1.82, 2.24) is 9.88 Å². The Balaban J connectivity index is 1.81. The van der Waals surface area contributed by atoms with Crippen molar-refractivity contribution in [3.63, 3.8) is 0 Å². The minimum atomic E-state index is -0.588. The van der Waals surface area contributed by atoms with E-state index in [-0.39, 0.29) is 23.9 Å². The Morgan fingerprint density at radius 1 is 1.38 bits per heavy atom. The number of nitrogens with one attached hydrogen (secondary N) is 1. The number of H-pyrrole nitrogens is 1. The number of carbonyl (C=O) groups is 2. The largest absolute Gasteiger partial charge is 0.503 e. The fourth-order valence-corrected chi connectivity index (χ4v) is 3.97. The van der Waals surface area contributed by atoms with Gasteiger partial charge in [0.05, 0.1) is 17.7 Å². The van der Waals surface area contributed by atoms with Crippen LogP contribution in [0.15, 0.2) is 41.8 Å². The number of amides is 1. The molecule has 4 rings (SSSR count). The van der Waals surface area contributed by atoms with Crippen LogP contribution in [0.5, 0.6) is 0 Å². The molecule has 26 heavy (non-hydrogen) atoms. The monoisotopic (exact) mass is 354 g/mol. The van der Waals surface area contributed by atoms with Gasteiger partial charge in [-0.3, -0.25) is 9.59 Å². The van der Waals surface area contributed by atoms with Crippen molar-refractivity contribution in [2.24, 2.45) is 0 Å². The number of aliphatic hydroxyl groups excluding tert-OH is 1. The highest BCUT2D eigenvalue weighted by molar-refractivity contribution is 6.09. The summed E-state index contributed by atoms with van der Waals surface area (Å²) >= 11 is 0. The second-order valence-electron chi connectivity index (χ2n) is 6.82. The van der Waals surface area contributed by atoms with E-state index in [2.05, 4.69) is 4.98 Å². The van der Waals surface area contributed by atoms with Gasteiger partial charge in [-0.15, -0.1) is 0 Å². The van der Waals surface area contributed by atoms with Crippen LogP contribution in [0, 0.1) is 0 Å². The molecule has 2 N–H and O–H groups in total. The van der Waals surface area contributed by atoms with E-state index in [0.717, 1.165) is 29.3 Å². The number of aliphatic hydroxyl groups is 1. The molecule has 136 valence electrons. The molecule has 0 bridgehead atoms. The van der Waals surface area contributed by atoms with Gasteiger partial charge in [0.25, 0.3) is 5.91 Å². The zero-order chi connectivity index (χ0) is 18.3. The maximum absolute atomic E-state index is 12.8. The number of hydrogen-bond donors (Lipinski definition) is 2. The predicted octanol–water partition coefficient (Wildman–Crippen LogP) is 3.02. The normalized spacial score (nSPS) is 23.4. The van der Waals surface area contributed by atoms with Gasteiger partial charge in [0.15, 0.2) is 11.5 Å². The smallest absolute Gasteiger partial charge is 0.290 e. The van der Waals surface area contributed by atoms with Gasteiger partial charge >= 0.3 is 0 Å². The van der Waals surface area contributed by atoms with Crippen LogP contribution in [0.4, 0.5) is 0 Å². The zero-order valence-electron chi connectivity index (χ0n) is 14.7. The van der Waals surface area contributed by atoms with Crippen LogP contribution in [0.1, 0.15) is 37.8 Å². The van der Waals surface area contributed by atoms with Crippen LogP contribution >= 0.6 is 0 Å². The van der Waals surface area contributed by atoms with Gasteiger partial charge in [0, 0.05) is 42.2 Å². The zero-order valence-corrected chi connectivity index (χ0v) is 14.7. The van der Waals surface area contributed by atoms with E-state index < -0.39 is 17.7 Å². The number of para-hydroxylation sites is 1. The number of ether oxygens (including phenoxy) is 1. The molecule has 1 saturated heterocycles. The van der Waals surface area contributed by atoms with Crippen molar-refractivity contribution in [1.29, 1.82) is 0 Å². The summed E-state index contributed by atoms with van der Waals surface area (Å²) in [6, 6.07) is 7.17. The van der Waals surface area contributed by atoms with Gasteiger partial charge in [0.2, 0.25) is 0 Å². The lowest BCUT2D eigenvalue weighted by Gasteiger charge is -2.28. The molecule has 0 aliphatic carbocycles. The highest BCUT2D eigenvalue weighted by atomic mass is 16.5. The fourth-order valence-electron chi connectivity index (χ4n) is 3.97. The number of rotatable bonds is 5. The summed E-state index contributed by atoms with van der Waals surface area (Å²) in [7, 11) is 0. The molecule has 2 aromatic rings. The first kappa shape index (κ1) is 16.8. The third-order valence-electron chi connectivity index (χ3n) is 5.27. The standard InChI is InChI=1S/C20H22N2O4/c1-2-16(23)17-18(14-10-21-15-8-4-3-7-13(14)15)22(20(25)19(17)24)11-12-6-5-9-26-12/h3-4,7-8,10,12,18,21,24H,2,5-6,9,11H2,1H3. The van der Waals surface area contributed by atoms with Crippen molar-refractivity contribution in [3.8, 4) is 0 Å². The van der Waals surface area contributed by atoms with E-state index in [1.54, 1.807) is 11.8 Å². The van der Waals surface area contributed by atoms with E-state index in [1.807, 2.05) is 30.5 Å². The van der Waals surface area contributed by atoms with Crippen LogP contribution in [0.25, 0.3) is 10.9 Å². The number of Topliss-reactive ketones (excluding diaryl/α,β-unsaturated/α-hetero) is 1. The second kappa shape index (κ2) is 6.61. The molecule has 2 aliphatic heterocycles. The maximum Gasteiger partial charge on any atom is 0.290 e. The van der Waals surface area contributed by atoms with Gasteiger partial charge in [-0.25, -0.2) is 0 Å². The van der Waals surface area contributed by atoms with Crippen molar-refractivity contribution in [2.75, 3.05) is 13.2 Å². The molecule has 0 spiro atoms. The van der Waals surface area contributed by atoms with E-state index in [1.165, 1.54) is 0 Å². The molecule has 6 nitrogen and oxygen atoms in total. The number of hydrogen-bond acceptors (Lipinski definition) is 4. The fraction of sp³-hybridized carbons (Fsp3) is 0.400. The van der Waals surface area contributed by atoms with Gasteiger partial charge < -0.3 is 19.7 Å². The molecule has 2 atom stereocenters. The summed E-state index contributed by atoms with van der Waals surface area (Å²) < 4.78 is 5.69. The minimum absolute atomic E-state index is 0.0597. The number of ketones is 1. The number of aromatic nitrogens is 1. The lowest BCUT2D eigenvalue weighted by Crippen LogP contribution is -2.37. The Morgan fingerprint density at radius 3 is 2.92 bits per heavy atom. The van der Waals surface area contributed by atoms with Gasteiger partial charge in [0.1, 0.15) is 0 Å². The van der Waals surface area contributed by atoms with E-state index in [9.17, 15) is 14.7 Å². The van der Waals surface area contributed by atoms with Crippen LogP contribution in [-0.2, 0) is 14.3 Å². The maximum atomic E-state index is 12.8. The Bertz CT molecular complexity index is 892. The molecule has 1 fully saturated rings. The summed E-state index contributed by atoms with van der Waals surface area (Å²) in [5.74, 6) is -1.13. The molecule has 6 heteroatoms. The number of nitrogens with zero attached hydrogens (tertiary/aromatic N) is 1. The van der Waals surface area contributed by atoms with E-state index in [0.29, 0.717) is 13.2 Å². The lowest BCUT2D eigenvalue weighted by atomic mass is 9.94. The summed E-state index contributed by atoms with van der Waals surface area (Å²) in [6.07, 6.45) is 3.84. The van der Waals surface area contributed by atoms with Crippen molar-refractivity contribution in [3.05, 3.63) is 47.4 Å². The van der Waals surface area contributed by atoms with Crippen molar-refractivity contribution >= 4 is 22.6 Å².